The maximum Gasteiger partial charge on any atom is 0.286 e. The summed E-state index contributed by atoms with van der Waals surface area (Å²) in [5.74, 6) is -0.174. The normalized spacial score (nSPS) is 22.7. The molecule has 1 saturated heterocycles. The van der Waals surface area contributed by atoms with Gasteiger partial charge in [0.25, 0.3) is 5.91 Å². The molecule has 2 aliphatic rings. The maximum absolute atomic E-state index is 12.5. The number of allylic oxidation sites excluding steroid dienone is 1. The number of benzene rings is 1. The van der Waals surface area contributed by atoms with Gasteiger partial charge >= 0.3 is 0 Å². The lowest BCUT2D eigenvalue weighted by molar-refractivity contribution is -0.131. The van der Waals surface area contributed by atoms with Crippen LogP contribution in [-0.2, 0) is 20.7 Å². The summed E-state index contributed by atoms with van der Waals surface area (Å²) in [6, 6.07) is 10.6. The molecule has 0 aromatic heterocycles. The second kappa shape index (κ2) is 8.70. The zero-order valence-electron chi connectivity index (χ0n) is 16.4. The van der Waals surface area contributed by atoms with Gasteiger partial charge in [0.15, 0.2) is 11.5 Å². The Bertz CT molecular complexity index is 697. The lowest BCUT2D eigenvalue weighted by Gasteiger charge is -2.34. The SMILES string of the molecule is CC1(C)CC(=O)C=C(C(=O)NC2CCCN(CCCc3ccccc3)C2)O1. The van der Waals surface area contributed by atoms with Gasteiger partial charge in [-0.15, -0.1) is 0 Å². The first-order valence-corrected chi connectivity index (χ1v) is 9.92. The van der Waals surface area contributed by atoms with Crippen LogP contribution in [0.5, 0.6) is 0 Å². The van der Waals surface area contributed by atoms with Gasteiger partial charge in [0.2, 0.25) is 0 Å². The summed E-state index contributed by atoms with van der Waals surface area (Å²) in [6.07, 6.45) is 5.86. The molecular formula is C22H30N2O3. The Morgan fingerprint density at radius 3 is 2.81 bits per heavy atom. The summed E-state index contributed by atoms with van der Waals surface area (Å²) in [6.45, 7) is 6.63. The van der Waals surface area contributed by atoms with E-state index >= 15 is 0 Å². The van der Waals surface area contributed by atoms with Crippen molar-refractivity contribution in [3.63, 3.8) is 0 Å². The molecule has 1 fully saturated rings. The average Bonchev–Trinajstić information content (AvgIpc) is 2.61. The van der Waals surface area contributed by atoms with E-state index in [0.29, 0.717) is 6.42 Å². The topological polar surface area (TPSA) is 58.6 Å². The summed E-state index contributed by atoms with van der Waals surface area (Å²) in [7, 11) is 0. The number of ether oxygens (including phenoxy) is 1. The van der Waals surface area contributed by atoms with Crippen LogP contribution in [0.2, 0.25) is 0 Å². The molecule has 1 atom stereocenters. The molecule has 5 nitrogen and oxygen atoms in total. The third kappa shape index (κ3) is 5.93. The van der Waals surface area contributed by atoms with Gasteiger partial charge in [0.1, 0.15) is 5.60 Å². The van der Waals surface area contributed by atoms with Crippen molar-refractivity contribution in [1.82, 2.24) is 10.2 Å². The van der Waals surface area contributed by atoms with Crippen molar-refractivity contribution in [3.05, 3.63) is 47.7 Å². The van der Waals surface area contributed by atoms with Crippen LogP contribution in [0, 0.1) is 0 Å². The fourth-order valence-electron chi connectivity index (χ4n) is 3.88. The van der Waals surface area contributed by atoms with E-state index in [-0.39, 0.29) is 23.5 Å². The highest BCUT2D eigenvalue weighted by molar-refractivity contribution is 6.01. The van der Waals surface area contributed by atoms with E-state index in [2.05, 4.69) is 34.5 Å². The Kier molecular flexibility index (Phi) is 6.32. The van der Waals surface area contributed by atoms with Gasteiger partial charge in [0.05, 0.1) is 0 Å². The van der Waals surface area contributed by atoms with Crippen molar-refractivity contribution in [3.8, 4) is 0 Å². The highest BCUT2D eigenvalue weighted by Gasteiger charge is 2.32. The standard InChI is InChI=1S/C22H30N2O3/c1-22(2)15-19(25)14-20(27-22)21(26)23-18-11-7-13-24(16-18)12-6-10-17-8-4-3-5-9-17/h3-5,8-9,14,18H,6-7,10-13,15-16H2,1-2H3,(H,23,26). The Hall–Kier alpha value is -2.14. The van der Waals surface area contributed by atoms with Crippen molar-refractivity contribution in [1.29, 1.82) is 0 Å². The molecule has 1 amide bonds. The minimum absolute atomic E-state index is 0.0532. The smallest absolute Gasteiger partial charge is 0.286 e. The second-order valence-corrected chi connectivity index (χ2v) is 8.22. The number of rotatable bonds is 6. The molecule has 3 rings (SSSR count). The van der Waals surface area contributed by atoms with E-state index in [9.17, 15) is 9.59 Å². The summed E-state index contributed by atoms with van der Waals surface area (Å²) in [5, 5.41) is 3.06. The van der Waals surface area contributed by atoms with E-state index in [1.807, 2.05) is 19.9 Å². The predicted octanol–water partition coefficient (Wildman–Crippen LogP) is 2.85. The van der Waals surface area contributed by atoms with Gasteiger partial charge in [-0.05, 0) is 58.2 Å². The molecule has 0 spiro atoms. The fraction of sp³-hybridized carbons (Fsp3) is 0.545. The monoisotopic (exact) mass is 370 g/mol. The van der Waals surface area contributed by atoms with Gasteiger partial charge in [-0.1, -0.05) is 30.3 Å². The number of carbonyl (C=O) groups is 2. The number of piperidine rings is 1. The van der Waals surface area contributed by atoms with Crippen LogP contribution in [0.3, 0.4) is 0 Å². The zero-order valence-corrected chi connectivity index (χ0v) is 16.4. The predicted molar refractivity (Wildman–Crippen MR) is 105 cm³/mol. The van der Waals surface area contributed by atoms with Crippen molar-refractivity contribution in [2.75, 3.05) is 19.6 Å². The van der Waals surface area contributed by atoms with Gasteiger partial charge in [-0.3, -0.25) is 9.59 Å². The third-order valence-corrected chi connectivity index (χ3v) is 5.13. The zero-order chi connectivity index (χ0) is 19.3. The molecule has 0 saturated carbocycles. The summed E-state index contributed by atoms with van der Waals surface area (Å²) in [5.41, 5.74) is 0.752. The molecule has 5 heteroatoms. The van der Waals surface area contributed by atoms with Gasteiger partial charge in [0, 0.05) is 25.1 Å². The van der Waals surface area contributed by atoms with Crippen LogP contribution in [0.25, 0.3) is 0 Å². The molecule has 2 aliphatic heterocycles. The fourth-order valence-corrected chi connectivity index (χ4v) is 3.88. The number of likely N-dealkylation sites (tertiary alicyclic amines) is 1. The maximum atomic E-state index is 12.5. The molecule has 27 heavy (non-hydrogen) atoms. The molecule has 1 aromatic carbocycles. The third-order valence-electron chi connectivity index (χ3n) is 5.13. The molecule has 146 valence electrons. The molecule has 1 N–H and O–H groups in total. The molecular weight excluding hydrogens is 340 g/mol. The first-order valence-electron chi connectivity index (χ1n) is 9.92. The van der Waals surface area contributed by atoms with Crippen LogP contribution < -0.4 is 5.32 Å². The summed E-state index contributed by atoms with van der Waals surface area (Å²) >= 11 is 0. The number of nitrogens with one attached hydrogen (secondary N) is 1. The average molecular weight is 370 g/mol. The minimum Gasteiger partial charge on any atom is -0.482 e. The lowest BCUT2D eigenvalue weighted by atomic mass is 9.98. The van der Waals surface area contributed by atoms with E-state index in [1.165, 1.54) is 11.6 Å². The Morgan fingerprint density at radius 2 is 2.07 bits per heavy atom. The number of hydrogen-bond donors (Lipinski definition) is 1. The first kappa shape index (κ1) is 19.6. The molecule has 1 unspecified atom stereocenters. The summed E-state index contributed by atoms with van der Waals surface area (Å²) < 4.78 is 5.70. The second-order valence-electron chi connectivity index (χ2n) is 8.22. The number of carbonyl (C=O) groups excluding carboxylic acids is 2. The number of hydrogen-bond acceptors (Lipinski definition) is 4. The molecule has 1 aromatic rings. The van der Waals surface area contributed by atoms with Gasteiger partial charge in [-0.25, -0.2) is 0 Å². The van der Waals surface area contributed by atoms with E-state index < -0.39 is 5.60 Å². The molecule has 0 radical (unpaired) electrons. The van der Waals surface area contributed by atoms with Gasteiger partial charge in [-0.2, -0.15) is 0 Å². The largest absolute Gasteiger partial charge is 0.482 e. The highest BCUT2D eigenvalue weighted by atomic mass is 16.5. The Labute approximate surface area is 161 Å². The quantitative estimate of drug-likeness (QED) is 0.837. The first-order chi connectivity index (χ1) is 12.9. The lowest BCUT2D eigenvalue weighted by Crippen LogP contribution is -2.49. The van der Waals surface area contributed by atoms with Crippen LogP contribution in [0.15, 0.2) is 42.2 Å². The number of amides is 1. The van der Waals surface area contributed by atoms with Crippen molar-refractivity contribution < 1.29 is 14.3 Å². The summed E-state index contributed by atoms with van der Waals surface area (Å²) in [4.78, 5) is 26.8. The number of ketones is 1. The highest BCUT2D eigenvalue weighted by Crippen LogP contribution is 2.25. The van der Waals surface area contributed by atoms with Crippen molar-refractivity contribution >= 4 is 11.7 Å². The molecule has 0 aliphatic carbocycles. The number of nitrogens with zero attached hydrogens (tertiary/aromatic N) is 1. The van der Waals surface area contributed by atoms with E-state index in [1.54, 1.807) is 0 Å². The van der Waals surface area contributed by atoms with Crippen molar-refractivity contribution in [2.45, 2.75) is 57.6 Å². The Morgan fingerprint density at radius 1 is 1.30 bits per heavy atom. The minimum atomic E-state index is -0.617. The van der Waals surface area contributed by atoms with Crippen molar-refractivity contribution in [2.24, 2.45) is 0 Å². The molecule has 0 bridgehead atoms. The van der Waals surface area contributed by atoms with Crippen LogP contribution in [0.1, 0.15) is 45.1 Å². The Balaban J connectivity index is 1.46. The van der Waals surface area contributed by atoms with Gasteiger partial charge < -0.3 is 15.0 Å². The molecule has 2 heterocycles. The van der Waals surface area contributed by atoms with Crippen LogP contribution >= 0.6 is 0 Å². The van der Waals surface area contributed by atoms with E-state index in [0.717, 1.165) is 45.3 Å². The number of aryl methyl sites for hydroxylation is 1. The van der Waals surface area contributed by atoms with Crippen LogP contribution in [0.4, 0.5) is 0 Å². The van der Waals surface area contributed by atoms with Crippen LogP contribution in [-0.4, -0.2) is 47.9 Å². The van der Waals surface area contributed by atoms with E-state index in [4.69, 9.17) is 4.74 Å².